The number of ether oxygens (including phenoxy) is 1. The molecule has 0 spiro atoms. The predicted molar refractivity (Wildman–Crippen MR) is 68.1 cm³/mol. The first-order valence-electron chi connectivity index (χ1n) is 5.68. The van der Waals surface area contributed by atoms with Gasteiger partial charge < -0.3 is 9.84 Å². The Morgan fingerprint density at radius 1 is 1.47 bits per heavy atom. The molecule has 0 aliphatic heterocycles. The molecule has 0 saturated carbocycles. The van der Waals surface area contributed by atoms with Gasteiger partial charge in [0, 0.05) is 5.56 Å². The largest absolute Gasteiger partial charge is 0.492 e. The van der Waals surface area contributed by atoms with Gasteiger partial charge in [0.05, 0.1) is 5.88 Å². The number of aliphatic hydroxyl groups excluding tert-OH is 1. The number of aliphatic hydroxyl groups is 1. The van der Waals surface area contributed by atoms with Crippen LogP contribution in [-0.2, 0) is 6.42 Å². The zero-order valence-corrected chi connectivity index (χ0v) is 10.7. The number of hydrogen-bond donors (Lipinski definition) is 1. The van der Waals surface area contributed by atoms with Crippen LogP contribution in [0.25, 0.3) is 0 Å². The van der Waals surface area contributed by atoms with Crippen molar-refractivity contribution in [1.29, 1.82) is 0 Å². The lowest BCUT2D eigenvalue weighted by Crippen LogP contribution is -2.07. The highest BCUT2D eigenvalue weighted by atomic mass is 35.5. The fraction of sp³-hybridized carbons (Fsp3) is 0.462. The normalized spacial score (nSPS) is 10.3. The van der Waals surface area contributed by atoms with Crippen molar-refractivity contribution in [3.05, 3.63) is 29.3 Å². The Bertz CT molecular complexity index is 377. The predicted octanol–water partition coefficient (Wildman–Crippen LogP) is 2.43. The van der Waals surface area contributed by atoms with Gasteiger partial charge in [0.2, 0.25) is 0 Å². The van der Waals surface area contributed by atoms with Crippen molar-refractivity contribution in [1.82, 2.24) is 0 Å². The van der Waals surface area contributed by atoms with Crippen molar-refractivity contribution in [2.75, 3.05) is 19.1 Å². The summed E-state index contributed by atoms with van der Waals surface area (Å²) in [5.41, 5.74) is 1.51. The summed E-state index contributed by atoms with van der Waals surface area (Å²) in [7, 11) is 0. The van der Waals surface area contributed by atoms with Crippen LogP contribution in [0.1, 0.15) is 29.3 Å². The van der Waals surface area contributed by atoms with E-state index in [-0.39, 0.29) is 5.78 Å². The zero-order chi connectivity index (χ0) is 12.7. The molecule has 0 aromatic heterocycles. The van der Waals surface area contributed by atoms with Crippen LogP contribution < -0.4 is 4.74 Å². The minimum absolute atomic E-state index is 0.272. The van der Waals surface area contributed by atoms with E-state index in [9.17, 15) is 4.79 Å². The molecule has 0 atom stereocenters. The molecule has 0 aliphatic rings. The average molecular weight is 257 g/mol. The second-order valence-electron chi connectivity index (χ2n) is 3.69. The second-order valence-corrected chi connectivity index (χ2v) is 4.07. The Labute approximate surface area is 106 Å². The van der Waals surface area contributed by atoms with E-state index in [2.05, 4.69) is 6.92 Å². The Balaban J connectivity index is 2.94. The molecule has 1 aromatic rings. The Hall–Kier alpha value is -1.06. The van der Waals surface area contributed by atoms with Crippen LogP contribution in [0, 0.1) is 0 Å². The number of carbonyl (C=O) groups excluding carboxylic acids is 1. The van der Waals surface area contributed by atoms with Crippen molar-refractivity contribution in [2.24, 2.45) is 0 Å². The van der Waals surface area contributed by atoms with Gasteiger partial charge in [0.15, 0.2) is 5.78 Å². The third-order valence-electron chi connectivity index (χ3n) is 2.38. The minimum atomic E-state index is -0.465. The average Bonchev–Trinajstić information content (AvgIpc) is 2.36. The van der Waals surface area contributed by atoms with Crippen LogP contribution >= 0.6 is 11.6 Å². The number of benzene rings is 1. The molecule has 17 heavy (non-hydrogen) atoms. The molecular weight excluding hydrogens is 240 g/mol. The van der Waals surface area contributed by atoms with Crippen molar-refractivity contribution in [2.45, 2.75) is 19.8 Å². The first kappa shape index (κ1) is 14.0. The summed E-state index contributed by atoms with van der Waals surface area (Å²) in [6.07, 6.45) is 1.80. The van der Waals surface area contributed by atoms with E-state index in [4.69, 9.17) is 21.4 Å². The third kappa shape index (κ3) is 4.02. The summed E-state index contributed by atoms with van der Waals surface area (Å²) in [5, 5.41) is 8.82. The van der Waals surface area contributed by atoms with Gasteiger partial charge in [0.1, 0.15) is 19.0 Å². The molecule has 0 heterocycles. The highest BCUT2D eigenvalue weighted by Gasteiger charge is 2.09. The summed E-state index contributed by atoms with van der Waals surface area (Å²) < 4.78 is 5.50. The highest BCUT2D eigenvalue weighted by molar-refractivity contribution is 6.18. The summed E-state index contributed by atoms with van der Waals surface area (Å²) >= 11 is 5.57. The number of ketones is 1. The van der Waals surface area contributed by atoms with E-state index in [0.717, 1.165) is 24.2 Å². The maximum atomic E-state index is 11.4. The first-order chi connectivity index (χ1) is 8.22. The fourth-order valence-electron chi connectivity index (χ4n) is 1.60. The van der Waals surface area contributed by atoms with Gasteiger partial charge in [0.25, 0.3) is 0 Å². The van der Waals surface area contributed by atoms with E-state index in [1.165, 1.54) is 0 Å². The summed E-state index contributed by atoms with van der Waals surface area (Å²) in [5.74, 6) is 0.927. The van der Waals surface area contributed by atoms with Gasteiger partial charge >= 0.3 is 0 Å². The molecule has 0 bridgehead atoms. The van der Waals surface area contributed by atoms with E-state index in [1.807, 2.05) is 0 Å². The van der Waals surface area contributed by atoms with Gasteiger partial charge in [-0.3, -0.25) is 4.79 Å². The van der Waals surface area contributed by atoms with Crippen LogP contribution in [-0.4, -0.2) is 30.0 Å². The maximum absolute atomic E-state index is 11.4. The number of aryl methyl sites for hydroxylation is 1. The van der Waals surface area contributed by atoms with Crippen LogP contribution in [0.3, 0.4) is 0 Å². The second kappa shape index (κ2) is 7.30. The minimum Gasteiger partial charge on any atom is -0.492 e. The van der Waals surface area contributed by atoms with Crippen LogP contribution in [0.15, 0.2) is 18.2 Å². The summed E-state index contributed by atoms with van der Waals surface area (Å²) in [6.45, 7) is 2.05. The highest BCUT2D eigenvalue weighted by Crippen LogP contribution is 2.22. The molecule has 0 radical (unpaired) electrons. The lowest BCUT2D eigenvalue weighted by atomic mass is 10.0. The lowest BCUT2D eigenvalue weighted by molar-refractivity contribution is 0.0903. The smallest absolute Gasteiger partial charge is 0.188 e. The molecule has 0 fully saturated rings. The number of carbonyl (C=O) groups is 1. The van der Waals surface area contributed by atoms with Crippen molar-refractivity contribution in [3.63, 3.8) is 0 Å². The first-order valence-corrected chi connectivity index (χ1v) is 6.22. The van der Waals surface area contributed by atoms with Crippen molar-refractivity contribution in [3.8, 4) is 5.75 Å². The number of halogens is 1. The number of Topliss-reactive ketones (excluding diaryl/α,β-unsaturated/α-hetero) is 1. The van der Waals surface area contributed by atoms with E-state index >= 15 is 0 Å². The standard InChI is InChI=1S/C13H17ClO3/c1-2-3-11-8-10(12(16)9-15)4-5-13(11)17-7-6-14/h4-5,8,15H,2-3,6-7,9H2,1H3. The van der Waals surface area contributed by atoms with Crippen molar-refractivity contribution >= 4 is 17.4 Å². The van der Waals surface area contributed by atoms with Gasteiger partial charge in [-0.15, -0.1) is 11.6 Å². The Kier molecular flexibility index (Phi) is 6.01. The Morgan fingerprint density at radius 2 is 2.24 bits per heavy atom. The Morgan fingerprint density at radius 3 is 2.82 bits per heavy atom. The van der Waals surface area contributed by atoms with Gasteiger partial charge in [-0.2, -0.15) is 0 Å². The fourth-order valence-corrected chi connectivity index (χ4v) is 1.68. The number of rotatable bonds is 7. The molecule has 3 nitrogen and oxygen atoms in total. The van der Waals surface area contributed by atoms with Crippen LogP contribution in [0.2, 0.25) is 0 Å². The molecule has 94 valence electrons. The number of alkyl halides is 1. The molecule has 1 aromatic carbocycles. The van der Waals surface area contributed by atoms with Gasteiger partial charge in [-0.25, -0.2) is 0 Å². The maximum Gasteiger partial charge on any atom is 0.188 e. The third-order valence-corrected chi connectivity index (χ3v) is 2.53. The SMILES string of the molecule is CCCc1cc(C(=O)CO)ccc1OCCCl. The molecule has 0 unspecified atom stereocenters. The topological polar surface area (TPSA) is 46.5 Å². The van der Waals surface area contributed by atoms with Gasteiger partial charge in [-0.05, 0) is 30.2 Å². The van der Waals surface area contributed by atoms with Crippen molar-refractivity contribution < 1.29 is 14.6 Å². The van der Waals surface area contributed by atoms with E-state index in [0.29, 0.717) is 18.1 Å². The monoisotopic (exact) mass is 256 g/mol. The molecule has 4 heteroatoms. The van der Waals surface area contributed by atoms with Crippen LogP contribution in [0.5, 0.6) is 5.75 Å². The van der Waals surface area contributed by atoms with Gasteiger partial charge in [-0.1, -0.05) is 13.3 Å². The molecule has 0 aliphatic carbocycles. The molecule has 0 saturated heterocycles. The van der Waals surface area contributed by atoms with E-state index < -0.39 is 6.61 Å². The summed E-state index contributed by atoms with van der Waals surface area (Å²) in [6, 6.07) is 5.22. The van der Waals surface area contributed by atoms with E-state index in [1.54, 1.807) is 18.2 Å². The molecule has 1 N–H and O–H groups in total. The molecular formula is C13H17ClO3. The lowest BCUT2D eigenvalue weighted by Gasteiger charge is -2.11. The zero-order valence-electron chi connectivity index (χ0n) is 9.91. The molecule has 1 rings (SSSR count). The summed E-state index contributed by atoms with van der Waals surface area (Å²) in [4.78, 5) is 11.4. The van der Waals surface area contributed by atoms with Crippen LogP contribution in [0.4, 0.5) is 0 Å². The number of hydrogen-bond acceptors (Lipinski definition) is 3. The molecule has 0 amide bonds. The quantitative estimate of drug-likeness (QED) is 0.602.